The van der Waals surface area contributed by atoms with E-state index in [1.165, 1.54) is 13.2 Å². The van der Waals surface area contributed by atoms with Gasteiger partial charge in [0, 0.05) is 5.56 Å². The van der Waals surface area contributed by atoms with Gasteiger partial charge in [-0.1, -0.05) is 24.3 Å². The minimum absolute atomic E-state index is 0.0215. The zero-order valence-electron chi connectivity index (χ0n) is 15.4. The van der Waals surface area contributed by atoms with Crippen molar-refractivity contribution < 1.29 is 14.5 Å². The van der Waals surface area contributed by atoms with Crippen molar-refractivity contribution in [3.8, 4) is 34.4 Å². The number of nitrogen functional groups attached to an aromatic ring is 1. The summed E-state index contributed by atoms with van der Waals surface area (Å²) >= 11 is 0. The molecule has 0 unspecified atom stereocenters. The number of aromatic nitrogens is 3. The number of aromatic hydroxyl groups is 1. The van der Waals surface area contributed by atoms with Crippen molar-refractivity contribution in [1.29, 1.82) is 5.26 Å². The largest absolute Gasteiger partial charge is 0.504 e. The van der Waals surface area contributed by atoms with Gasteiger partial charge in [0.2, 0.25) is 0 Å². The molecule has 2 aromatic heterocycles. The number of aryl methyl sites for hydroxylation is 1. The molecule has 0 bridgehead atoms. The highest BCUT2D eigenvalue weighted by atomic mass is 16.5. The first-order valence-electron chi connectivity index (χ1n) is 8.62. The Hall–Kier alpha value is -4.05. The second kappa shape index (κ2) is 6.59. The van der Waals surface area contributed by atoms with E-state index >= 15 is 0 Å². The van der Waals surface area contributed by atoms with Gasteiger partial charge in [0.15, 0.2) is 17.2 Å². The van der Waals surface area contributed by atoms with Crippen molar-refractivity contribution >= 4 is 16.9 Å². The van der Waals surface area contributed by atoms with Gasteiger partial charge in [-0.15, -0.1) is 4.68 Å². The SMILES string of the molecule is COc1cc(-c2c(C#N)c(N)nc3c2c(C)[nH][n+]3-c2ccccc2)ccc1O. The van der Waals surface area contributed by atoms with Crippen LogP contribution in [0.2, 0.25) is 0 Å². The molecule has 0 spiro atoms. The van der Waals surface area contributed by atoms with Crippen LogP contribution >= 0.6 is 0 Å². The number of anilines is 1. The molecule has 0 aliphatic rings. The third-order valence-electron chi connectivity index (χ3n) is 4.67. The van der Waals surface area contributed by atoms with E-state index in [4.69, 9.17) is 10.5 Å². The number of rotatable bonds is 3. The van der Waals surface area contributed by atoms with E-state index in [0.717, 1.165) is 16.8 Å². The molecule has 0 atom stereocenters. The molecule has 138 valence electrons. The van der Waals surface area contributed by atoms with Crippen LogP contribution in [-0.4, -0.2) is 22.3 Å². The summed E-state index contributed by atoms with van der Waals surface area (Å²) in [7, 11) is 1.48. The normalized spacial score (nSPS) is 10.8. The lowest BCUT2D eigenvalue weighted by Gasteiger charge is -2.09. The molecule has 0 aliphatic carbocycles. The van der Waals surface area contributed by atoms with Crippen LogP contribution in [0.4, 0.5) is 5.82 Å². The molecular weight excluding hydrogens is 354 g/mol. The van der Waals surface area contributed by atoms with Gasteiger partial charge in [-0.2, -0.15) is 5.26 Å². The van der Waals surface area contributed by atoms with Crippen LogP contribution in [0.15, 0.2) is 48.5 Å². The predicted octanol–water partition coefficient (Wildman–Crippen LogP) is 2.98. The second-order valence-corrected chi connectivity index (χ2v) is 6.35. The molecule has 7 heteroatoms. The minimum Gasteiger partial charge on any atom is -0.504 e. The fraction of sp³-hybridized carbons (Fsp3) is 0.0952. The Bertz CT molecular complexity index is 1240. The summed E-state index contributed by atoms with van der Waals surface area (Å²) in [5.74, 6) is 0.475. The van der Waals surface area contributed by atoms with Gasteiger partial charge in [0.05, 0.1) is 12.8 Å². The Balaban J connectivity index is 2.11. The summed E-state index contributed by atoms with van der Waals surface area (Å²) in [5, 5.41) is 23.8. The standard InChI is InChI=1S/C21H17N5O2/c1-12-18-19(13-8-9-16(27)17(10-13)28-2)15(11-22)20(23)24-21(18)26(25-12)14-6-4-3-5-7-14/h3-10H,1-2H3,(H3,23,24,25,27)/p+1. The van der Waals surface area contributed by atoms with Crippen molar-refractivity contribution in [3.63, 3.8) is 0 Å². The second-order valence-electron chi connectivity index (χ2n) is 6.35. The summed E-state index contributed by atoms with van der Waals surface area (Å²) in [6.45, 7) is 1.92. The molecular formula is C21H18N5O2+. The van der Waals surface area contributed by atoms with Gasteiger partial charge in [-0.3, -0.25) is 0 Å². The lowest BCUT2D eigenvalue weighted by Crippen LogP contribution is -2.33. The number of phenolic OH excluding ortho intramolecular Hbond substituents is 1. The van der Waals surface area contributed by atoms with Gasteiger partial charge < -0.3 is 15.6 Å². The number of para-hydroxylation sites is 1. The highest BCUT2D eigenvalue weighted by molar-refractivity contribution is 5.99. The average molecular weight is 372 g/mol. The van der Waals surface area contributed by atoms with Crippen molar-refractivity contribution in [2.45, 2.75) is 6.92 Å². The Morgan fingerprint density at radius 2 is 1.96 bits per heavy atom. The molecule has 4 N–H and O–H groups in total. The number of nitrogens with zero attached hydrogens (tertiary/aromatic N) is 3. The molecule has 0 saturated heterocycles. The molecule has 4 rings (SSSR count). The number of nitriles is 1. The first-order valence-corrected chi connectivity index (χ1v) is 8.62. The Labute approximate surface area is 161 Å². The van der Waals surface area contributed by atoms with Gasteiger partial charge in [-0.25, -0.2) is 5.10 Å². The fourth-order valence-electron chi connectivity index (χ4n) is 3.38. The third kappa shape index (κ3) is 2.59. The average Bonchev–Trinajstić information content (AvgIpc) is 3.04. The Morgan fingerprint density at radius 3 is 2.64 bits per heavy atom. The number of H-pyrrole nitrogens is 1. The van der Waals surface area contributed by atoms with Gasteiger partial charge >= 0.3 is 5.65 Å². The summed E-state index contributed by atoms with van der Waals surface area (Å²) in [6.07, 6.45) is 0. The zero-order chi connectivity index (χ0) is 19.8. The number of nitrogens with two attached hydrogens (primary N) is 1. The Morgan fingerprint density at radius 1 is 1.21 bits per heavy atom. The molecule has 0 amide bonds. The van der Waals surface area contributed by atoms with Crippen LogP contribution in [0.3, 0.4) is 0 Å². The van der Waals surface area contributed by atoms with Gasteiger partial charge in [0.1, 0.15) is 17.0 Å². The molecule has 0 aliphatic heterocycles. The van der Waals surface area contributed by atoms with Crippen LogP contribution in [0.1, 0.15) is 11.3 Å². The number of nitrogens with one attached hydrogen (secondary N) is 1. The highest BCUT2D eigenvalue weighted by Gasteiger charge is 2.28. The maximum Gasteiger partial charge on any atom is 0.359 e. The van der Waals surface area contributed by atoms with Crippen LogP contribution < -0.4 is 15.2 Å². The molecule has 28 heavy (non-hydrogen) atoms. The third-order valence-corrected chi connectivity index (χ3v) is 4.67. The van der Waals surface area contributed by atoms with E-state index in [1.807, 2.05) is 41.9 Å². The fourth-order valence-corrected chi connectivity index (χ4v) is 3.38. The number of hydrogen-bond donors (Lipinski definition) is 3. The van der Waals surface area contributed by atoms with Gasteiger partial charge in [-0.05, 0) is 41.7 Å². The zero-order valence-corrected chi connectivity index (χ0v) is 15.4. The van der Waals surface area contributed by atoms with Crippen molar-refractivity contribution in [1.82, 2.24) is 10.1 Å². The van der Waals surface area contributed by atoms with E-state index in [9.17, 15) is 10.4 Å². The predicted molar refractivity (Wildman–Crippen MR) is 105 cm³/mol. The van der Waals surface area contributed by atoms with E-state index < -0.39 is 0 Å². The van der Waals surface area contributed by atoms with Crippen LogP contribution in [0.25, 0.3) is 27.8 Å². The first kappa shape index (κ1) is 17.4. The molecule has 0 saturated carbocycles. The number of ether oxygens (including phenoxy) is 1. The van der Waals surface area contributed by atoms with Crippen molar-refractivity contribution in [3.05, 3.63) is 59.8 Å². The monoisotopic (exact) mass is 372 g/mol. The minimum atomic E-state index is 0.0215. The summed E-state index contributed by atoms with van der Waals surface area (Å²) in [6, 6.07) is 16.8. The molecule has 7 nitrogen and oxygen atoms in total. The van der Waals surface area contributed by atoms with Crippen molar-refractivity contribution in [2.75, 3.05) is 12.8 Å². The lowest BCUT2D eigenvalue weighted by atomic mass is 9.96. The van der Waals surface area contributed by atoms with Crippen LogP contribution in [0, 0.1) is 18.3 Å². The number of aromatic amines is 1. The molecule has 0 fully saturated rings. The maximum absolute atomic E-state index is 9.95. The van der Waals surface area contributed by atoms with E-state index in [-0.39, 0.29) is 17.1 Å². The smallest absolute Gasteiger partial charge is 0.359 e. The number of methoxy groups -OCH3 is 1. The van der Waals surface area contributed by atoms with Crippen LogP contribution in [0.5, 0.6) is 11.5 Å². The van der Waals surface area contributed by atoms with Crippen LogP contribution in [-0.2, 0) is 0 Å². The summed E-state index contributed by atoms with van der Waals surface area (Å²) in [5.41, 5.74) is 10.1. The van der Waals surface area contributed by atoms with E-state index in [0.29, 0.717) is 22.5 Å². The topological polar surface area (TPSA) is 112 Å². The summed E-state index contributed by atoms with van der Waals surface area (Å²) < 4.78 is 7.07. The molecule has 4 aromatic rings. The number of pyridine rings is 1. The number of benzene rings is 2. The van der Waals surface area contributed by atoms with Gasteiger partial charge in [0.25, 0.3) is 5.82 Å². The number of hydrogen-bond acceptors (Lipinski definition) is 5. The molecule has 0 radical (unpaired) electrons. The quantitative estimate of drug-likeness (QED) is 0.479. The van der Waals surface area contributed by atoms with E-state index in [2.05, 4.69) is 16.2 Å². The first-order chi connectivity index (χ1) is 13.5. The molecule has 2 heterocycles. The maximum atomic E-state index is 9.95. The molecule has 2 aromatic carbocycles. The lowest BCUT2D eigenvalue weighted by molar-refractivity contribution is -0.632. The Kier molecular flexibility index (Phi) is 4.09. The van der Waals surface area contributed by atoms with E-state index in [1.54, 1.807) is 12.1 Å². The number of fused-ring (bicyclic) bond motifs is 1. The summed E-state index contributed by atoms with van der Waals surface area (Å²) in [4.78, 5) is 4.50. The highest BCUT2D eigenvalue weighted by Crippen LogP contribution is 2.38. The van der Waals surface area contributed by atoms with Crippen molar-refractivity contribution in [2.24, 2.45) is 0 Å². The number of phenols is 1.